The predicted molar refractivity (Wildman–Crippen MR) is 64.6 cm³/mol. The van der Waals surface area contributed by atoms with Gasteiger partial charge < -0.3 is 10.5 Å². The number of carbonyl (C=O) groups is 1. The zero-order chi connectivity index (χ0) is 11.8. The van der Waals surface area contributed by atoms with E-state index in [2.05, 4.69) is 0 Å². The highest BCUT2D eigenvalue weighted by atomic mass is 35.5. The zero-order valence-corrected chi connectivity index (χ0v) is 10.3. The zero-order valence-electron chi connectivity index (χ0n) is 9.48. The van der Waals surface area contributed by atoms with Gasteiger partial charge in [0.2, 0.25) is 0 Å². The quantitative estimate of drug-likeness (QED) is 0.824. The smallest absolute Gasteiger partial charge is 0.316 e. The molecule has 1 aromatic rings. The molecule has 0 aliphatic heterocycles. The van der Waals surface area contributed by atoms with Crippen molar-refractivity contribution in [1.82, 2.24) is 0 Å². The van der Waals surface area contributed by atoms with Crippen molar-refractivity contribution in [3.8, 4) is 0 Å². The van der Waals surface area contributed by atoms with E-state index in [4.69, 9.17) is 10.5 Å². The lowest BCUT2D eigenvalue weighted by Crippen LogP contribution is -2.55. The minimum Gasteiger partial charge on any atom is -0.468 e. The number of carbonyl (C=O) groups excluding carboxylic acids is 1. The van der Waals surface area contributed by atoms with Crippen molar-refractivity contribution in [2.75, 3.05) is 7.11 Å². The van der Waals surface area contributed by atoms with Gasteiger partial charge in [-0.3, -0.25) is 4.79 Å². The van der Waals surface area contributed by atoms with Crippen molar-refractivity contribution in [2.45, 2.75) is 24.3 Å². The Morgan fingerprint density at radius 3 is 2.53 bits per heavy atom. The molecule has 0 unspecified atom stereocenters. The van der Waals surface area contributed by atoms with E-state index in [0.717, 1.165) is 0 Å². The Bertz CT molecular complexity index is 419. The van der Waals surface area contributed by atoms with Crippen LogP contribution in [0, 0.1) is 5.82 Å². The summed E-state index contributed by atoms with van der Waals surface area (Å²) >= 11 is 0. The molecule has 2 N–H and O–H groups in total. The topological polar surface area (TPSA) is 52.3 Å². The minimum absolute atomic E-state index is 0. The fourth-order valence-electron chi connectivity index (χ4n) is 2.38. The van der Waals surface area contributed by atoms with Crippen LogP contribution in [0.25, 0.3) is 0 Å². The number of esters is 1. The number of nitrogens with two attached hydrogens (primary N) is 1. The monoisotopic (exact) mass is 259 g/mol. The third-order valence-electron chi connectivity index (χ3n) is 3.19. The summed E-state index contributed by atoms with van der Waals surface area (Å²) in [6.45, 7) is 0. The van der Waals surface area contributed by atoms with E-state index in [9.17, 15) is 9.18 Å². The highest BCUT2D eigenvalue weighted by Gasteiger charge is 2.52. The Hall–Kier alpha value is -1.13. The van der Waals surface area contributed by atoms with Crippen molar-refractivity contribution in [2.24, 2.45) is 5.73 Å². The average molecular weight is 260 g/mol. The number of methoxy groups -OCH3 is 1. The Balaban J connectivity index is 0.00000144. The first-order chi connectivity index (χ1) is 7.60. The van der Waals surface area contributed by atoms with Gasteiger partial charge in [-0.05, 0) is 18.9 Å². The second-order valence-electron chi connectivity index (χ2n) is 4.22. The second kappa shape index (κ2) is 5.02. The molecule has 0 aromatic heterocycles. The molecule has 0 heterocycles. The minimum atomic E-state index is -0.875. The normalized spacial score (nSPS) is 26.6. The Kier molecular flexibility index (Phi) is 4.11. The molecule has 0 atom stereocenters. The summed E-state index contributed by atoms with van der Waals surface area (Å²) in [5, 5.41) is 0. The third kappa shape index (κ3) is 2.15. The van der Waals surface area contributed by atoms with Crippen molar-refractivity contribution < 1.29 is 13.9 Å². The molecule has 3 nitrogen and oxygen atoms in total. The molecule has 17 heavy (non-hydrogen) atoms. The van der Waals surface area contributed by atoms with Crippen molar-refractivity contribution in [3.63, 3.8) is 0 Å². The largest absolute Gasteiger partial charge is 0.468 e. The molecule has 0 bridgehead atoms. The van der Waals surface area contributed by atoms with Gasteiger partial charge in [0, 0.05) is 11.6 Å². The van der Waals surface area contributed by atoms with E-state index < -0.39 is 11.4 Å². The molecule has 1 aliphatic carbocycles. The number of hydrogen-bond donors (Lipinski definition) is 1. The number of ether oxygens (including phenoxy) is 1. The summed E-state index contributed by atoms with van der Waals surface area (Å²) in [5.41, 5.74) is 5.22. The van der Waals surface area contributed by atoms with Crippen molar-refractivity contribution in [3.05, 3.63) is 35.6 Å². The van der Waals surface area contributed by atoms with Crippen LogP contribution in [-0.4, -0.2) is 19.1 Å². The summed E-state index contributed by atoms with van der Waals surface area (Å²) in [4.78, 5) is 11.8. The molecule has 1 saturated carbocycles. The molecule has 0 saturated heterocycles. The van der Waals surface area contributed by atoms with E-state index in [1.54, 1.807) is 18.2 Å². The van der Waals surface area contributed by atoms with Gasteiger partial charge in [0.25, 0.3) is 0 Å². The van der Waals surface area contributed by atoms with Crippen LogP contribution in [0.1, 0.15) is 18.4 Å². The molecule has 0 radical (unpaired) electrons. The van der Waals surface area contributed by atoms with Gasteiger partial charge in [0.15, 0.2) is 0 Å². The number of hydrogen-bond acceptors (Lipinski definition) is 3. The van der Waals surface area contributed by atoms with E-state index in [0.29, 0.717) is 18.4 Å². The molecular formula is C12H15ClFNO2. The molecule has 1 aromatic carbocycles. The van der Waals surface area contributed by atoms with Crippen LogP contribution in [0.5, 0.6) is 0 Å². The molecule has 2 rings (SSSR count). The Labute approximate surface area is 106 Å². The van der Waals surface area contributed by atoms with E-state index >= 15 is 0 Å². The fourth-order valence-corrected chi connectivity index (χ4v) is 2.38. The van der Waals surface area contributed by atoms with Crippen LogP contribution in [0.15, 0.2) is 24.3 Å². The van der Waals surface area contributed by atoms with E-state index in [-0.39, 0.29) is 24.3 Å². The maximum absolute atomic E-state index is 13.7. The number of rotatable bonds is 2. The average Bonchev–Trinajstić information content (AvgIpc) is 2.24. The van der Waals surface area contributed by atoms with Crippen molar-refractivity contribution in [1.29, 1.82) is 0 Å². The van der Waals surface area contributed by atoms with E-state index in [1.807, 2.05) is 0 Å². The van der Waals surface area contributed by atoms with Crippen LogP contribution >= 0.6 is 12.4 Å². The van der Waals surface area contributed by atoms with Crippen LogP contribution < -0.4 is 5.73 Å². The maximum atomic E-state index is 13.7. The molecular weight excluding hydrogens is 245 g/mol. The van der Waals surface area contributed by atoms with Crippen LogP contribution in [0.3, 0.4) is 0 Å². The summed E-state index contributed by atoms with van der Waals surface area (Å²) in [5.74, 6) is -0.779. The molecule has 5 heteroatoms. The molecule has 0 amide bonds. The summed E-state index contributed by atoms with van der Waals surface area (Å²) in [6, 6.07) is 6.23. The van der Waals surface area contributed by atoms with Gasteiger partial charge in [-0.15, -0.1) is 12.4 Å². The Morgan fingerprint density at radius 2 is 2.06 bits per heavy atom. The van der Waals surface area contributed by atoms with Crippen LogP contribution in [0.2, 0.25) is 0 Å². The first-order valence-corrected chi connectivity index (χ1v) is 5.19. The Morgan fingerprint density at radius 1 is 1.47 bits per heavy atom. The van der Waals surface area contributed by atoms with E-state index in [1.165, 1.54) is 13.2 Å². The fraction of sp³-hybridized carbons (Fsp3) is 0.417. The number of benzene rings is 1. The second-order valence-corrected chi connectivity index (χ2v) is 4.22. The number of halogens is 2. The van der Waals surface area contributed by atoms with Crippen molar-refractivity contribution >= 4 is 18.4 Å². The first kappa shape index (κ1) is 13.9. The third-order valence-corrected chi connectivity index (χ3v) is 3.19. The van der Waals surface area contributed by atoms with Crippen LogP contribution in [-0.2, 0) is 14.9 Å². The van der Waals surface area contributed by atoms with Gasteiger partial charge >= 0.3 is 5.97 Å². The van der Waals surface area contributed by atoms with Gasteiger partial charge in [0.1, 0.15) is 5.82 Å². The molecule has 1 aliphatic rings. The van der Waals surface area contributed by atoms with Gasteiger partial charge in [0.05, 0.1) is 12.5 Å². The first-order valence-electron chi connectivity index (χ1n) is 5.19. The lowest BCUT2D eigenvalue weighted by atomic mass is 9.61. The molecule has 0 spiro atoms. The van der Waals surface area contributed by atoms with Gasteiger partial charge in [-0.25, -0.2) is 4.39 Å². The highest BCUT2D eigenvalue weighted by molar-refractivity contribution is 5.85. The molecule has 1 fully saturated rings. The van der Waals surface area contributed by atoms with Crippen LogP contribution in [0.4, 0.5) is 4.39 Å². The lowest BCUT2D eigenvalue weighted by molar-refractivity contribution is -0.152. The SMILES string of the molecule is COC(=O)C1(c2ccccc2F)CC(N)C1.Cl. The summed E-state index contributed by atoms with van der Waals surface area (Å²) in [7, 11) is 1.31. The van der Waals surface area contributed by atoms with Gasteiger partial charge in [-0.2, -0.15) is 0 Å². The molecule has 94 valence electrons. The maximum Gasteiger partial charge on any atom is 0.316 e. The summed E-state index contributed by atoms with van der Waals surface area (Å²) in [6.07, 6.45) is 0.890. The van der Waals surface area contributed by atoms with Gasteiger partial charge in [-0.1, -0.05) is 18.2 Å². The lowest BCUT2D eigenvalue weighted by Gasteiger charge is -2.43. The predicted octanol–water partition coefficient (Wildman–Crippen LogP) is 1.78. The summed E-state index contributed by atoms with van der Waals surface area (Å²) < 4.78 is 18.4. The highest BCUT2D eigenvalue weighted by Crippen LogP contribution is 2.44. The standard InChI is InChI=1S/C12H14FNO2.ClH/c1-16-11(15)12(6-8(14)7-12)9-4-2-3-5-10(9)13;/h2-5,8H,6-7,14H2,1H3;1H.